The van der Waals surface area contributed by atoms with Crippen molar-refractivity contribution < 1.29 is 22.1 Å². The van der Waals surface area contributed by atoms with E-state index in [0.29, 0.717) is 10.8 Å². The number of halogens is 1. The molecule has 0 saturated carbocycles. The lowest BCUT2D eigenvalue weighted by atomic mass is 10.0. The third-order valence-corrected chi connectivity index (χ3v) is 11.4. The normalized spacial score (nSPS) is 21.5. The maximum Gasteiger partial charge on any atom is 0.264 e. The molecule has 0 unspecified atom stereocenters. The zero-order valence-electron chi connectivity index (χ0n) is 15.9. The lowest BCUT2D eigenvalue weighted by molar-refractivity contribution is -0.156. The maximum atomic E-state index is 12.9. The number of amides is 1. The molecule has 1 amide bonds. The van der Waals surface area contributed by atoms with Gasteiger partial charge < -0.3 is 9.30 Å². The van der Waals surface area contributed by atoms with Crippen molar-refractivity contribution in [3.8, 4) is 5.75 Å². The molecule has 1 aromatic rings. The van der Waals surface area contributed by atoms with Gasteiger partial charge in [-0.2, -0.15) is 8.42 Å². The van der Waals surface area contributed by atoms with Crippen molar-refractivity contribution in [2.45, 2.75) is 51.0 Å². The zero-order chi connectivity index (χ0) is 19.9. The van der Waals surface area contributed by atoms with Crippen molar-refractivity contribution in [3.05, 3.63) is 29.3 Å². The quantitative estimate of drug-likeness (QED) is 0.402. The van der Waals surface area contributed by atoms with E-state index in [2.05, 4.69) is 33.9 Å². The first-order valence-corrected chi connectivity index (χ1v) is 13.5. The lowest BCUT2D eigenvalue weighted by Crippen LogP contribution is -2.77. The van der Waals surface area contributed by atoms with Crippen molar-refractivity contribution in [2.75, 3.05) is 12.9 Å². The smallest absolute Gasteiger partial charge is 0.264 e. The Balaban J connectivity index is 2.27. The molecule has 2 atom stereocenters. The topological polar surface area (TPSA) is 72.9 Å². The van der Waals surface area contributed by atoms with E-state index in [4.69, 9.17) is 20.5 Å². The van der Waals surface area contributed by atoms with E-state index in [1.165, 1.54) is 0 Å². The van der Waals surface area contributed by atoms with E-state index in [9.17, 15) is 13.2 Å². The number of nitrogens with zero attached hydrogens (tertiary/aromatic N) is 1. The fourth-order valence-corrected chi connectivity index (χ4v) is 5.67. The Labute approximate surface area is 161 Å². The van der Waals surface area contributed by atoms with Crippen LogP contribution in [0.5, 0.6) is 5.75 Å². The zero-order valence-corrected chi connectivity index (χ0v) is 18.5. The number of benzene rings is 1. The van der Waals surface area contributed by atoms with E-state index >= 15 is 0 Å². The van der Waals surface area contributed by atoms with Gasteiger partial charge in [0.05, 0.1) is 18.9 Å². The van der Waals surface area contributed by atoms with Crippen LogP contribution in [0.15, 0.2) is 24.3 Å². The van der Waals surface area contributed by atoms with Crippen molar-refractivity contribution in [1.82, 2.24) is 4.57 Å². The summed E-state index contributed by atoms with van der Waals surface area (Å²) < 4.78 is 35.5. The van der Waals surface area contributed by atoms with Crippen LogP contribution in [-0.4, -0.2) is 52.1 Å². The molecule has 1 fully saturated rings. The van der Waals surface area contributed by atoms with Crippen LogP contribution in [-0.2, 0) is 19.1 Å². The molecule has 1 heterocycles. The Kier molecular flexibility index (Phi) is 5.83. The molecule has 6 nitrogen and oxygen atoms in total. The summed E-state index contributed by atoms with van der Waals surface area (Å²) in [5.41, 5.74) is 0. The first-order valence-electron chi connectivity index (χ1n) is 8.34. The minimum Gasteiger partial charge on any atom is -0.478 e. The first-order chi connectivity index (χ1) is 11.7. The van der Waals surface area contributed by atoms with Gasteiger partial charge in [0, 0.05) is 5.02 Å². The van der Waals surface area contributed by atoms with Crippen LogP contribution in [0.4, 0.5) is 0 Å². The molecule has 1 aromatic carbocycles. The number of ether oxygens (including phenoxy) is 1. The maximum absolute atomic E-state index is 12.9. The van der Waals surface area contributed by atoms with Gasteiger partial charge in [0.15, 0.2) is 14.3 Å². The van der Waals surface area contributed by atoms with E-state index in [-0.39, 0.29) is 17.6 Å². The average molecular weight is 420 g/mol. The van der Waals surface area contributed by atoms with Gasteiger partial charge in [0.1, 0.15) is 5.75 Å². The van der Waals surface area contributed by atoms with Crippen LogP contribution in [0.1, 0.15) is 20.8 Å². The fraction of sp³-hybridized carbons (Fsp3) is 0.588. The Morgan fingerprint density at radius 2 is 1.73 bits per heavy atom. The molecular formula is C17H26ClNO5SSi. The SMILES string of the molecule is CC(C)(C)[Si](C)(C)N1C(=O)[C@@H](Oc2ccc(Cl)cc2)[C@H]1COS(C)(=O)=O. The van der Waals surface area contributed by atoms with Gasteiger partial charge in [-0.05, 0) is 29.3 Å². The molecule has 0 N–H and O–H groups in total. The summed E-state index contributed by atoms with van der Waals surface area (Å²) in [6, 6.07) is 6.26. The number of carbonyl (C=O) groups excluding carboxylic acids is 1. The van der Waals surface area contributed by atoms with Gasteiger partial charge >= 0.3 is 0 Å². The monoisotopic (exact) mass is 419 g/mol. The minimum atomic E-state index is -3.61. The van der Waals surface area contributed by atoms with Crippen molar-refractivity contribution in [1.29, 1.82) is 0 Å². The van der Waals surface area contributed by atoms with Crippen molar-refractivity contribution in [3.63, 3.8) is 0 Å². The highest BCUT2D eigenvalue weighted by molar-refractivity contribution is 7.85. The molecule has 0 radical (unpaired) electrons. The molecule has 0 bridgehead atoms. The lowest BCUT2D eigenvalue weighted by Gasteiger charge is -2.57. The summed E-state index contributed by atoms with van der Waals surface area (Å²) in [5, 5.41) is 0.481. The predicted molar refractivity (Wildman–Crippen MR) is 104 cm³/mol. The van der Waals surface area contributed by atoms with Crippen LogP contribution < -0.4 is 4.74 Å². The minimum absolute atomic E-state index is 0.0861. The molecule has 0 spiro atoms. The Bertz CT molecular complexity index is 773. The highest BCUT2D eigenvalue weighted by atomic mass is 35.5. The molecule has 1 saturated heterocycles. The van der Waals surface area contributed by atoms with E-state index in [1.807, 2.05) is 0 Å². The molecule has 2 rings (SSSR count). The standard InChI is InChI=1S/C17H26ClNO5SSi/c1-17(2,3)26(5,6)19-14(11-23-25(4,21)22)15(16(19)20)24-13-9-7-12(18)8-10-13/h7-10,14-15H,11H2,1-6H3/t14-,15+/m1/s1. The summed E-state index contributed by atoms with van der Waals surface area (Å²) in [5.74, 6) is 0.376. The molecule has 146 valence electrons. The van der Waals surface area contributed by atoms with E-state index in [0.717, 1.165) is 6.26 Å². The Morgan fingerprint density at radius 1 is 1.19 bits per heavy atom. The summed E-state index contributed by atoms with van der Waals surface area (Å²) in [7, 11) is -5.82. The molecule has 0 aliphatic carbocycles. The third kappa shape index (κ3) is 4.41. The fourth-order valence-electron chi connectivity index (χ4n) is 2.71. The second kappa shape index (κ2) is 7.14. The highest BCUT2D eigenvalue weighted by Gasteiger charge is 2.59. The number of hydrogen-bond acceptors (Lipinski definition) is 5. The molecule has 1 aliphatic heterocycles. The second-order valence-electron chi connectivity index (χ2n) is 8.07. The first kappa shape index (κ1) is 21.2. The third-order valence-electron chi connectivity index (χ3n) is 5.13. The largest absolute Gasteiger partial charge is 0.478 e. The van der Waals surface area contributed by atoms with Crippen LogP contribution in [0.25, 0.3) is 0 Å². The van der Waals surface area contributed by atoms with Crippen LogP contribution >= 0.6 is 11.6 Å². The second-order valence-corrected chi connectivity index (χ2v) is 15.2. The van der Waals surface area contributed by atoms with Crippen LogP contribution in [0.3, 0.4) is 0 Å². The molecule has 0 aromatic heterocycles. The molecule has 9 heteroatoms. The summed E-state index contributed by atoms with van der Waals surface area (Å²) >= 11 is 5.87. The average Bonchev–Trinajstić information content (AvgIpc) is 2.48. The van der Waals surface area contributed by atoms with Gasteiger partial charge in [-0.3, -0.25) is 8.98 Å². The highest BCUT2D eigenvalue weighted by Crippen LogP contribution is 2.43. The van der Waals surface area contributed by atoms with Gasteiger partial charge in [-0.1, -0.05) is 45.5 Å². The number of hydrogen-bond donors (Lipinski definition) is 0. The van der Waals surface area contributed by atoms with Gasteiger partial charge in [-0.15, -0.1) is 0 Å². The van der Waals surface area contributed by atoms with Crippen molar-refractivity contribution >= 4 is 35.9 Å². The van der Waals surface area contributed by atoms with Gasteiger partial charge in [0.2, 0.25) is 0 Å². The van der Waals surface area contributed by atoms with Gasteiger partial charge in [-0.25, -0.2) is 0 Å². The summed E-state index contributed by atoms with van der Waals surface area (Å²) in [6.07, 6.45) is 0.228. The van der Waals surface area contributed by atoms with E-state index in [1.54, 1.807) is 28.8 Å². The predicted octanol–water partition coefficient (Wildman–Crippen LogP) is 3.28. The Hall–Kier alpha value is -1.09. The number of β-lactam (4-membered cyclic amide) rings is 1. The van der Waals surface area contributed by atoms with E-state index < -0.39 is 30.5 Å². The van der Waals surface area contributed by atoms with Crippen LogP contribution in [0.2, 0.25) is 23.2 Å². The van der Waals surface area contributed by atoms with Crippen molar-refractivity contribution in [2.24, 2.45) is 0 Å². The summed E-state index contributed by atoms with van der Waals surface area (Å²) in [4.78, 5) is 12.9. The molecule has 1 aliphatic rings. The number of rotatable bonds is 6. The Morgan fingerprint density at radius 3 is 2.19 bits per heavy atom. The van der Waals surface area contributed by atoms with Gasteiger partial charge in [0.25, 0.3) is 16.0 Å². The molecular weight excluding hydrogens is 394 g/mol. The summed E-state index contributed by atoms with van der Waals surface area (Å²) in [6.45, 7) is 10.3. The number of carbonyl (C=O) groups is 1. The van der Waals surface area contributed by atoms with Crippen LogP contribution in [0, 0.1) is 0 Å². The molecule has 26 heavy (non-hydrogen) atoms.